The minimum absolute atomic E-state index is 0.177. The van der Waals surface area contributed by atoms with E-state index in [2.05, 4.69) is 17.2 Å². The van der Waals surface area contributed by atoms with Crippen LogP contribution in [0.4, 0.5) is 0 Å². The summed E-state index contributed by atoms with van der Waals surface area (Å²) in [7, 11) is 0. The van der Waals surface area contributed by atoms with Crippen LogP contribution in [0.25, 0.3) is 0 Å². The summed E-state index contributed by atoms with van der Waals surface area (Å²) < 4.78 is 0. The van der Waals surface area contributed by atoms with Gasteiger partial charge in [0.15, 0.2) is 0 Å². The van der Waals surface area contributed by atoms with Gasteiger partial charge in [-0.2, -0.15) is 0 Å². The Balaban J connectivity index is 2.54. The van der Waals surface area contributed by atoms with Crippen LogP contribution in [0, 0.1) is 0 Å². The maximum absolute atomic E-state index is 11.7. The fourth-order valence-corrected chi connectivity index (χ4v) is 1.61. The number of amides is 2. The molecule has 0 saturated heterocycles. The third-order valence-electron chi connectivity index (χ3n) is 2.71. The van der Waals surface area contributed by atoms with Crippen LogP contribution in [-0.2, 0) is 20.8 Å². The number of carbonyl (C=O) groups is 3. The standard InChI is InChI=1S/C15H18N2O4/c1-10(2)14(19)16-9-13(18)17-12(15(20)21)8-11-6-4-3-5-7-11/h3-7,12H,1,8-9H2,2H3,(H,16,19)(H,17,18)(H,20,21). The summed E-state index contributed by atoms with van der Waals surface area (Å²) in [4.78, 5) is 34.1. The molecule has 1 aromatic rings. The summed E-state index contributed by atoms with van der Waals surface area (Å²) in [5, 5.41) is 13.9. The van der Waals surface area contributed by atoms with Crippen LogP contribution in [0.2, 0.25) is 0 Å². The highest BCUT2D eigenvalue weighted by Crippen LogP contribution is 2.03. The number of nitrogens with one attached hydrogen (secondary N) is 2. The quantitative estimate of drug-likeness (QED) is 0.637. The van der Waals surface area contributed by atoms with Crippen molar-refractivity contribution in [3.05, 3.63) is 48.0 Å². The number of benzene rings is 1. The van der Waals surface area contributed by atoms with E-state index in [9.17, 15) is 14.4 Å². The molecule has 3 N–H and O–H groups in total. The van der Waals surface area contributed by atoms with Crippen molar-refractivity contribution in [2.45, 2.75) is 19.4 Å². The maximum atomic E-state index is 11.7. The van der Waals surface area contributed by atoms with Crippen molar-refractivity contribution in [1.29, 1.82) is 0 Å². The molecule has 1 aromatic carbocycles. The lowest BCUT2D eigenvalue weighted by molar-refractivity contribution is -0.141. The minimum Gasteiger partial charge on any atom is -0.480 e. The Bertz CT molecular complexity index is 540. The summed E-state index contributed by atoms with van der Waals surface area (Å²) in [6.45, 7) is 4.67. The van der Waals surface area contributed by atoms with E-state index in [-0.39, 0.29) is 18.5 Å². The van der Waals surface area contributed by atoms with E-state index in [0.717, 1.165) is 5.56 Å². The molecule has 0 aliphatic heterocycles. The van der Waals surface area contributed by atoms with Gasteiger partial charge in [0.25, 0.3) is 0 Å². The zero-order valence-corrected chi connectivity index (χ0v) is 11.8. The average molecular weight is 290 g/mol. The van der Waals surface area contributed by atoms with Crippen molar-refractivity contribution in [1.82, 2.24) is 10.6 Å². The molecule has 0 fully saturated rings. The molecule has 0 heterocycles. The first-order chi connectivity index (χ1) is 9.90. The van der Waals surface area contributed by atoms with Gasteiger partial charge in [-0.05, 0) is 12.5 Å². The Hall–Kier alpha value is -2.63. The summed E-state index contributed by atoms with van der Waals surface area (Å²) in [6, 6.07) is 7.94. The van der Waals surface area contributed by atoms with Gasteiger partial charge in [-0.1, -0.05) is 36.9 Å². The molecule has 1 unspecified atom stereocenters. The van der Waals surface area contributed by atoms with E-state index in [4.69, 9.17) is 5.11 Å². The first kappa shape index (κ1) is 16.4. The molecular formula is C15H18N2O4. The van der Waals surface area contributed by atoms with Gasteiger partial charge in [0.05, 0.1) is 6.54 Å². The SMILES string of the molecule is C=C(C)C(=O)NCC(=O)NC(Cc1ccccc1)C(=O)O. The van der Waals surface area contributed by atoms with Crippen LogP contribution >= 0.6 is 0 Å². The Kier molecular flexibility index (Phi) is 6.13. The Morgan fingerprint density at radius 3 is 2.38 bits per heavy atom. The Morgan fingerprint density at radius 1 is 1.24 bits per heavy atom. The van der Waals surface area contributed by atoms with E-state index in [1.54, 1.807) is 24.3 Å². The van der Waals surface area contributed by atoms with Gasteiger partial charge in [0.2, 0.25) is 11.8 Å². The van der Waals surface area contributed by atoms with E-state index in [0.29, 0.717) is 0 Å². The molecule has 6 heteroatoms. The van der Waals surface area contributed by atoms with Crippen LogP contribution in [0.3, 0.4) is 0 Å². The lowest BCUT2D eigenvalue weighted by atomic mass is 10.1. The van der Waals surface area contributed by atoms with E-state index in [1.807, 2.05) is 6.07 Å². The summed E-state index contributed by atoms with van der Waals surface area (Å²) >= 11 is 0. The molecule has 0 aliphatic rings. The number of rotatable bonds is 7. The van der Waals surface area contributed by atoms with Crippen LogP contribution in [0.5, 0.6) is 0 Å². The normalized spacial score (nSPS) is 11.3. The van der Waals surface area contributed by atoms with E-state index in [1.165, 1.54) is 6.92 Å². The summed E-state index contributed by atoms with van der Waals surface area (Å²) in [6.07, 6.45) is 0.177. The van der Waals surface area contributed by atoms with Crippen molar-refractivity contribution >= 4 is 17.8 Å². The molecule has 6 nitrogen and oxygen atoms in total. The van der Waals surface area contributed by atoms with Gasteiger partial charge in [-0.15, -0.1) is 0 Å². The number of hydrogen-bond donors (Lipinski definition) is 3. The van der Waals surface area contributed by atoms with Gasteiger partial charge in [0.1, 0.15) is 6.04 Å². The third kappa shape index (κ3) is 5.90. The highest BCUT2D eigenvalue weighted by atomic mass is 16.4. The highest BCUT2D eigenvalue weighted by molar-refractivity contribution is 5.95. The van der Waals surface area contributed by atoms with Crippen molar-refractivity contribution in [3.8, 4) is 0 Å². The molecule has 0 aliphatic carbocycles. The summed E-state index contributed by atoms with van der Waals surface area (Å²) in [5.41, 5.74) is 1.08. The maximum Gasteiger partial charge on any atom is 0.326 e. The van der Waals surface area contributed by atoms with Gasteiger partial charge >= 0.3 is 5.97 Å². The van der Waals surface area contributed by atoms with Crippen LogP contribution in [-0.4, -0.2) is 35.5 Å². The molecule has 0 radical (unpaired) electrons. The smallest absolute Gasteiger partial charge is 0.326 e. The van der Waals surface area contributed by atoms with Crippen molar-refractivity contribution in [2.75, 3.05) is 6.54 Å². The second kappa shape index (κ2) is 7.84. The van der Waals surface area contributed by atoms with Gasteiger partial charge in [-0.25, -0.2) is 4.79 Å². The number of carboxylic acids is 1. The average Bonchev–Trinajstić information content (AvgIpc) is 2.44. The molecule has 1 atom stereocenters. The fourth-order valence-electron chi connectivity index (χ4n) is 1.61. The van der Waals surface area contributed by atoms with Crippen molar-refractivity contribution in [3.63, 3.8) is 0 Å². The predicted molar refractivity (Wildman–Crippen MR) is 77.5 cm³/mol. The second-order valence-electron chi connectivity index (χ2n) is 4.61. The van der Waals surface area contributed by atoms with Crippen LogP contribution < -0.4 is 10.6 Å². The molecule has 0 spiro atoms. The van der Waals surface area contributed by atoms with Crippen LogP contribution in [0.15, 0.2) is 42.5 Å². The van der Waals surface area contributed by atoms with Gasteiger partial charge in [-0.3, -0.25) is 9.59 Å². The monoisotopic (exact) mass is 290 g/mol. The van der Waals surface area contributed by atoms with E-state index >= 15 is 0 Å². The zero-order valence-electron chi connectivity index (χ0n) is 11.8. The number of carbonyl (C=O) groups excluding carboxylic acids is 2. The lowest BCUT2D eigenvalue weighted by Crippen LogP contribution is -2.46. The Labute approximate surface area is 122 Å². The molecule has 0 bridgehead atoms. The number of carboxylic acid groups (broad SMARTS) is 1. The minimum atomic E-state index is -1.13. The molecule has 2 amide bonds. The predicted octanol–water partition coefficient (Wildman–Crippen LogP) is 0.491. The lowest BCUT2D eigenvalue weighted by Gasteiger charge is -2.15. The molecule has 112 valence electrons. The molecule has 0 saturated carbocycles. The topological polar surface area (TPSA) is 95.5 Å². The van der Waals surface area contributed by atoms with Crippen molar-refractivity contribution < 1.29 is 19.5 Å². The zero-order chi connectivity index (χ0) is 15.8. The molecule has 1 rings (SSSR count). The number of hydrogen-bond acceptors (Lipinski definition) is 3. The first-order valence-electron chi connectivity index (χ1n) is 6.40. The first-order valence-corrected chi connectivity index (χ1v) is 6.40. The van der Waals surface area contributed by atoms with Crippen molar-refractivity contribution in [2.24, 2.45) is 0 Å². The fraction of sp³-hybridized carbons (Fsp3) is 0.267. The summed E-state index contributed by atoms with van der Waals surface area (Å²) in [5.74, 6) is -2.13. The highest BCUT2D eigenvalue weighted by Gasteiger charge is 2.20. The largest absolute Gasteiger partial charge is 0.480 e. The van der Waals surface area contributed by atoms with Gasteiger partial charge in [0, 0.05) is 12.0 Å². The Morgan fingerprint density at radius 2 is 1.86 bits per heavy atom. The number of aliphatic carboxylic acids is 1. The third-order valence-corrected chi connectivity index (χ3v) is 2.71. The van der Waals surface area contributed by atoms with Gasteiger partial charge < -0.3 is 15.7 Å². The molecule has 0 aromatic heterocycles. The van der Waals surface area contributed by atoms with Crippen LogP contribution in [0.1, 0.15) is 12.5 Å². The van der Waals surface area contributed by atoms with E-state index < -0.39 is 23.8 Å². The molecular weight excluding hydrogens is 272 g/mol. The second-order valence-corrected chi connectivity index (χ2v) is 4.61. The molecule has 21 heavy (non-hydrogen) atoms.